The number of hydrogen-bond donors (Lipinski definition) is 1. The van der Waals surface area contributed by atoms with Gasteiger partial charge < -0.3 is 5.32 Å². The lowest BCUT2D eigenvalue weighted by molar-refractivity contribution is 0.530. The molecule has 14 heavy (non-hydrogen) atoms. The van der Waals surface area contributed by atoms with Crippen LogP contribution < -0.4 is 5.32 Å². The van der Waals surface area contributed by atoms with E-state index in [1.807, 2.05) is 12.4 Å². The maximum absolute atomic E-state index is 4.15. The van der Waals surface area contributed by atoms with E-state index in [1.165, 1.54) is 17.5 Å². The molecule has 0 aliphatic heterocycles. The number of rotatable bonds is 5. The van der Waals surface area contributed by atoms with E-state index in [2.05, 4.69) is 37.1 Å². The van der Waals surface area contributed by atoms with Crippen molar-refractivity contribution in [3.8, 4) is 0 Å². The van der Waals surface area contributed by atoms with Crippen LogP contribution in [0.5, 0.6) is 0 Å². The number of nitrogens with zero attached hydrogens (tertiary/aromatic N) is 1. The summed E-state index contributed by atoms with van der Waals surface area (Å²) < 4.78 is 0. The summed E-state index contributed by atoms with van der Waals surface area (Å²) in [5, 5.41) is 3.41. The van der Waals surface area contributed by atoms with Crippen molar-refractivity contribution in [1.29, 1.82) is 0 Å². The molecule has 1 rings (SSSR count). The molecule has 0 aromatic carbocycles. The predicted molar refractivity (Wildman–Crippen MR) is 60.4 cm³/mol. The molecular formula is C12H20N2. The van der Waals surface area contributed by atoms with Crippen molar-refractivity contribution in [2.45, 2.75) is 39.7 Å². The minimum absolute atomic E-state index is 0.597. The van der Waals surface area contributed by atoms with E-state index in [0.29, 0.717) is 6.04 Å². The molecule has 0 fully saturated rings. The van der Waals surface area contributed by atoms with Gasteiger partial charge in [0.2, 0.25) is 0 Å². The maximum Gasteiger partial charge on any atom is 0.0302 e. The van der Waals surface area contributed by atoms with Gasteiger partial charge in [-0.25, -0.2) is 0 Å². The van der Waals surface area contributed by atoms with E-state index in [-0.39, 0.29) is 0 Å². The second-order valence-corrected chi connectivity index (χ2v) is 3.80. The molecule has 1 aromatic rings. The number of pyridine rings is 1. The van der Waals surface area contributed by atoms with Crippen LogP contribution in [-0.2, 0) is 6.42 Å². The van der Waals surface area contributed by atoms with E-state index >= 15 is 0 Å². The lowest BCUT2D eigenvalue weighted by Crippen LogP contribution is -2.25. The molecule has 2 nitrogen and oxygen atoms in total. The van der Waals surface area contributed by atoms with Crippen LogP contribution in [0.3, 0.4) is 0 Å². The second kappa shape index (κ2) is 5.76. The van der Waals surface area contributed by atoms with Gasteiger partial charge in [-0.05, 0) is 50.4 Å². The van der Waals surface area contributed by atoms with E-state index in [9.17, 15) is 0 Å². The van der Waals surface area contributed by atoms with Crippen molar-refractivity contribution >= 4 is 0 Å². The first-order valence-electron chi connectivity index (χ1n) is 5.37. The summed E-state index contributed by atoms with van der Waals surface area (Å²) in [6.07, 6.45) is 6.13. The van der Waals surface area contributed by atoms with Crippen LogP contribution in [0, 0.1) is 6.92 Å². The van der Waals surface area contributed by atoms with Crippen molar-refractivity contribution in [2.75, 3.05) is 6.54 Å². The monoisotopic (exact) mass is 192 g/mol. The quantitative estimate of drug-likeness (QED) is 0.774. The van der Waals surface area contributed by atoms with Crippen LogP contribution in [0.2, 0.25) is 0 Å². The van der Waals surface area contributed by atoms with Gasteiger partial charge in [0, 0.05) is 18.4 Å². The molecule has 0 spiro atoms. The first kappa shape index (κ1) is 11.2. The molecule has 2 heteroatoms. The van der Waals surface area contributed by atoms with E-state index in [4.69, 9.17) is 0 Å². The van der Waals surface area contributed by atoms with Gasteiger partial charge in [0.15, 0.2) is 0 Å². The van der Waals surface area contributed by atoms with Crippen molar-refractivity contribution in [1.82, 2.24) is 10.3 Å². The first-order chi connectivity index (χ1) is 6.74. The van der Waals surface area contributed by atoms with E-state index < -0.39 is 0 Å². The highest BCUT2D eigenvalue weighted by molar-refractivity contribution is 5.21. The lowest BCUT2D eigenvalue weighted by atomic mass is 10.0. The molecular weight excluding hydrogens is 172 g/mol. The molecule has 0 aliphatic rings. The number of aryl methyl sites for hydroxylation is 2. The molecule has 1 aromatic heterocycles. The topological polar surface area (TPSA) is 24.9 Å². The minimum Gasteiger partial charge on any atom is -0.315 e. The summed E-state index contributed by atoms with van der Waals surface area (Å²) in [5.41, 5.74) is 2.72. The third-order valence-corrected chi connectivity index (χ3v) is 2.55. The van der Waals surface area contributed by atoms with Crippen LogP contribution >= 0.6 is 0 Å². The van der Waals surface area contributed by atoms with Gasteiger partial charge >= 0.3 is 0 Å². The molecule has 78 valence electrons. The Kier molecular flexibility index (Phi) is 4.60. The van der Waals surface area contributed by atoms with Gasteiger partial charge in [-0.1, -0.05) is 6.92 Å². The Balaban J connectivity index is 2.41. The summed E-state index contributed by atoms with van der Waals surface area (Å²) in [6, 6.07) is 2.67. The molecule has 0 aliphatic carbocycles. The van der Waals surface area contributed by atoms with E-state index in [1.54, 1.807) is 0 Å². The van der Waals surface area contributed by atoms with Gasteiger partial charge in [0.05, 0.1) is 0 Å². The van der Waals surface area contributed by atoms with E-state index in [0.717, 1.165) is 13.0 Å². The highest BCUT2D eigenvalue weighted by atomic mass is 14.9. The van der Waals surface area contributed by atoms with Crippen molar-refractivity contribution in [2.24, 2.45) is 0 Å². The van der Waals surface area contributed by atoms with Crippen LogP contribution in [0.4, 0.5) is 0 Å². The molecule has 1 unspecified atom stereocenters. The Labute approximate surface area is 86.8 Å². The Morgan fingerprint density at radius 2 is 2.29 bits per heavy atom. The standard InChI is InChI=1S/C12H20N2/c1-4-14-11(3)5-6-12-9-13-8-7-10(12)2/h7-9,11,14H,4-6H2,1-3H3. The maximum atomic E-state index is 4.15. The van der Waals surface area contributed by atoms with Crippen LogP contribution in [0.15, 0.2) is 18.5 Å². The molecule has 0 saturated heterocycles. The number of hydrogen-bond acceptors (Lipinski definition) is 2. The summed E-state index contributed by atoms with van der Waals surface area (Å²) in [7, 11) is 0. The van der Waals surface area contributed by atoms with Crippen LogP contribution in [0.25, 0.3) is 0 Å². The van der Waals surface area contributed by atoms with Crippen molar-refractivity contribution in [3.05, 3.63) is 29.6 Å². The Morgan fingerprint density at radius 1 is 1.50 bits per heavy atom. The van der Waals surface area contributed by atoms with Crippen LogP contribution in [0.1, 0.15) is 31.4 Å². The lowest BCUT2D eigenvalue weighted by Gasteiger charge is -2.12. The molecule has 1 N–H and O–H groups in total. The summed E-state index contributed by atoms with van der Waals surface area (Å²) in [5.74, 6) is 0. The largest absolute Gasteiger partial charge is 0.315 e. The summed E-state index contributed by atoms with van der Waals surface area (Å²) in [4.78, 5) is 4.15. The SMILES string of the molecule is CCNC(C)CCc1cnccc1C. The summed E-state index contributed by atoms with van der Waals surface area (Å²) >= 11 is 0. The molecule has 0 saturated carbocycles. The van der Waals surface area contributed by atoms with Crippen LogP contribution in [-0.4, -0.2) is 17.6 Å². The highest BCUT2D eigenvalue weighted by Crippen LogP contribution is 2.08. The zero-order chi connectivity index (χ0) is 10.4. The average molecular weight is 192 g/mol. The minimum atomic E-state index is 0.597. The molecule has 0 radical (unpaired) electrons. The average Bonchev–Trinajstić information content (AvgIpc) is 2.17. The number of nitrogens with one attached hydrogen (secondary N) is 1. The van der Waals surface area contributed by atoms with Gasteiger partial charge in [0.1, 0.15) is 0 Å². The predicted octanol–water partition coefficient (Wildman–Crippen LogP) is 2.32. The fourth-order valence-corrected chi connectivity index (χ4v) is 1.58. The van der Waals surface area contributed by atoms with Crippen molar-refractivity contribution < 1.29 is 0 Å². The van der Waals surface area contributed by atoms with Gasteiger partial charge in [-0.3, -0.25) is 4.98 Å². The molecule has 1 heterocycles. The second-order valence-electron chi connectivity index (χ2n) is 3.80. The zero-order valence-corrected chi connectivity index (χ0v) is 9.38. The zero-order valence-electron chi connectivity index (χ0n) is 9.38. The van der Waals surface area contributed by atoms with Crippen molar-refractivity contribution in [3.63, 3.8) is 0 Å². The summed E-state index contributed by atoms with van der Waals surface area (Å²) in [6.45, 7) is 7.57. The fraction of sp³-hybridized carbons (Fsp3) is 0.583. The third kappa shape index (κ3) is 3.46. The molecule has 0 amide bonds. The molecule has 0 bridgehead atoms. The highest BCUT2D eigenvalue weighted by Gasteiger charge is 2.02. The Morgan fingerprint density at radius 3 is 2.93 bits per heavy atom. The fourth-order valence-electron chi connectivity index (χ4n) is 1.58. The Bertz CT molecular complexity index is 271. The smallest absolute Gasteiger partial charge is 0.0302 e. The van der Waals surface area contributed by atoms with Gasteiger partial charge in [0.25, 0.3) is 0 Å². The van der Waals surface area contributed by atoms with Gasteiger partial charge in [-0.2, -0.15) is 0 Å². The normalized spacial score (nSPS) is 12.8. The molecule has 1 atom stereocenters. The van der Waals surface area contributed by atoms with Gasteiger partial charge in [-0.15, -0.1) is 0 Å². The Hall–Kier alpha value is -0.890. The third-order valence-electron chi connectivity index (χ3n) is 2.55. The number of aromatic nitrogens is 1. The first-order valence-corrected chi connectivity index (χ1v) is 5.37.